The highest BCUT2D eigenvalue weighted by Crippen LogP contribution is 2.16. The van der Waals surface area contributed by atoms with E-state index in [1.165, 1.54) is 0 Å². The molecule has 1 heterocycles. The van der Waals surface area contributed by atoms with Gasteiger partial charge in [-0.3, -0.25) is 4.79 Å². The number of benzene rings is 1. The molecule has 0 atom stereocenters. The number of amides is 1. The Labute approximate surface area is 121 Å². The lowest BCUT2D eigenvalue weighted by atomic mass is 10.1. The number of para-hydroxylation sites is 1. The third-order valence-electron chi connectivity index (χ3n) is 2.58. The fourth-order valence-electron chi connectivity index (χ4n) is 1.72. The molecule has 110 valence electrons. The van der Waals surface area contributed by atoms with Crippen LogP contribution in [0.25, 0.3) is 0 Å². The zero-order valence-electron chi connectivity index (χ0n) is 11.8. The number of hydrogen-bond donors (Lipinski definition) is 1. The topological polar surface area (TPSA) is 94.3 Å². The summed E-state index contributed by atoms with van der Waals surface area (Å²) in [7, 11) is 0. The molecule has 0 spiro atoms. The van der Waals surface area contributed by atoms with Gasteiger partial charge in [0.25, 0.3) is 0 Å². The second-order valence-corrected chi connectivity index (χ2v) is 4.23. The Bertz CT molecular complexity index is 651. The summed E-state index contributed by atoms with van der Waals surface area (Å²) < 4.78 is 9.82. The van der Waals surface area contributed by atoms with Crippen molar-refractivity contribution >= 4 is 17.6 Å². The Morgan fingerprint density at radius 3 is 2.76 bits per heavy atom. The Balaban J connectivity index is 2.08. The van der Waals surface area contributed by atoms with Gasteiger partial charge in [0.2, 0.25) is 11.8 Å². The van der Waals surface area contributed by atoms with Crippen LogP contribution in [0.5, 0.6) is 0 Å². The quantitative estimate of drug-likeness (QED) is 0.842. The lowest BCUT2D eigenvalue weighted by Gasteiger charge is -2.09. The van der Waals surface area contributed by atoms with Gasteiger partial charge in [-0.2, -0.15) is 4.98 Å². The number of nitrogens with one attached hydrogen (secondary N) is 1. The van der Waals surface area contributed by atoms with Crippen molar-refractivity contribution in [2.45, 2.75) is 20.3 Å². The van der Waals surface area contributed by atoms with Gasteiger partial charge in [-0.25, -0.2) is 4.79 Å². The Morgan fingerprint density at radius 1 is 1.33 bits per heavy atom. The summed E-state index contributed by atoms with van der Waals surface area (Å²) in [6.07, 6.45) is -0.0575. The van der Waals surface area contributed by atoms with Crippen LogP contribution in [-0.4, -0.2) is 28.6 Å². The first-order chi connectivity index (χ1) is 10.1. The van der Waals surface area contributed by atoms with Gasteiger partial charge in [0.15, 0.2) is 5.82 Å². The molecule has 0 aliphatic heterocycles. The number of anilines is 1. The SMILES string of the molecule is CCOC(=O)c1ccccc1NC(=O)Cc1nc(C)no1. The largest absolute Gasteiger partial charge is 0.462 e. The van der Waals surface area contributed by atoms with Crippen LogP contribution in [0, 0.1) is 6.92 Å². The molecule has 0 saturated carbocycles. The molecule has 0 saturated heterocycles. The van der Waals surface area contributed by atoms with Gasteiger partial charge in [-0.05, 0) is 26.0 Å². The molecule has 0 aliphatic rings. The molecule has 0 unspecified atom stereocenters. The van der Waals surface area contributed by atoms with Gasteiger partial charge in [0.1, 0.15) is 6.42 Å². The average molecular weight is 289 g/mol. The van der Waals surface area contributed by atoms with Crippen molar-refractivity contribution in [3.63, 3.8) is 0 Å². The molecule has 0 fully saturated rings. The molecule has 2 rings (SSSR count). The van der Waals surface area contributed by atoms with Crippen LogP contribution in [0.15, 0.2) is 28.8 Å². The summed E-state index contributed by atoms with van der Waals surface area (Å²) in [4.78, 5) is 27.7. The number of aryl methyl sites for hydroxylation is 1. The van der Waals surface area contributed by atoms with Crippen molar-refractivity contribution in [3.05, 3.63) is 41.5 Å². The molecular formula is C14H15N3O4. The van der Waals surface area contributed by atoms with Crippen molar-refractivity contribution in [1.82, 2.24) is 10.1 Å². The van der Waals surface area contributed by atoms with Crippen LogP contribution in [0.3, 0.4) is 0 Å². The van der Waals surface area contributed by atoms with E-state index < -0.39 is 5.97 Å². The van der Waals surface area contributed by atoms with Gasteiger partial charge in [-0.15, -0.1) is 0 Å². The predicted molar refractivity (Wildman–Crippen MR) is 73.8 cm³/mol. The van der Waals surface area contributed by atoms with E-state index in [0.717, 1.165) is 0 Å². The molecule has 1 amide bonds. The van der Waals surface area contributed by atoms with Crippen LogP contribution in [0.4, 0.5) is 5.69 Å². The Hall–Kier alpha value is -2.70. The number of carbonyl (C=O) groups excluding carboxylic acids is 2. The number of esters is 1. The third-order valence-corrected chi connectivity index (χ3v) is 2.58. The van der Waals surface area contributed by atoms with Crippen molar-refractivity contribution in [1.29, 1.82) is 0 Å². The molecule has 0 aliphatic carbocycles. The summed E-state index contributed by atoms with van der Waals surface area (Å²) in [5.41, 5.74) is 0.687. The molecule has 1 aromatic carbocycles. The van der Waals surface area contributed by atoms with Gasteiger partial charge < -0.3 is 14.6 Å². The molecular weight excluding hydrogens is 274 g/mol. The molecule has 1 N–H and O–H groups in total. The standard InChI is InChI=1S/C14H15N3O4/c1-3-20-14(19)10-6-4-5-7-11(10)16-12(18)8-13-15-9(2)17-21-13/h4-7H,3,8H2,1-2H3,(H,16,18). The molecule has 0 radical (unpaired) electrons. The summed E-state index contributed by atoms with van der Waals surface area (Å²) in [5, 5.41) is 6.25. The van der Waals surface area contributed by atoms with E-state index >= 15 is 0 Å². The highest BCUT2D eigenvalue weighted by Gasteiger charge is 2.15. The van der Waals surface area contributed by atoms with E-state index in [-0.39, 0.29) is 24.8 Å². The normalized spacial score (nSPS) is 10.2. The first-order valence-corrected chi connectivity index (χ1v) is 6.45. The predicted octanol–water partition coefficient (Wildman–Crippen LogP) is 1.74. The van der Waals surface area contributed by atoms with E-state index in [2.05, 4.69) is 15.5 Å². The van der Waals surface area contributed by atoms with Crippen LogP contribution in [-0.2, 0) is 16.0 Å². The van der Waals surface area contributed by atoms with E-state index in [1.54, 1.807) is 38.1 Å². The maximum Gasteiger partial charge on any atom is 0.340 e. The van der Waals surface area contributed by atoms with E-state index in [0.29, 0.717) is 17.1 Å². The monoisotopic (exact) mass is 289 g/mol. The van der Waals surface area contributed by atoms with E-state index in [9.17, 15) is 9.59 Å². The Morgan fingerprint density at radius 2 is 2.10 bits per heavy atom. The third kappa shape index (κ3) is 3.88. The Kier molecular flexibility index (Phi) is 4.65. The fraction of sp³-hybridized carbons (Fsp3) is 0.286. The number of nitrogens with zero attached hydrogens (tertiary/aromatic N) is 2. The van der Waals surface area contributed by atoms with Crippen molar-refractivity contribution in [3.8, 4) is 0 Å². The van der Waals surface area contributed by atoms with Crippen LogP contribution in [0.1, 0.15) is 29.0 Å². The smallest absolute Gasteiger partial charge is 0.340 e. The van der Waals surface area contributed by atoms with Crippen molar-refractivity contribution in [2.75, 3.05) is 11.9 Å². The minimum Gasteiger partial charge on any atom is -0.462 e. The van der Waals surface area contributed by atoms with Crippen LogP contribution >= 0.6 is 0 Å². The number of ether oxygens (including phenoxy) is 1. The minimum absolute atomic E-state index is 0.0575. The zero-order chi connectivity index (χ0) is 15.2. The molecule has 21 heavy (non-hydrogen) atoms. The van der Waals surface area contributed by atoms with Crippen LogP contribution < -0.4 is 5.32 Å². The van der Waals surface area contributed by atoms with Gasteiger partial charge >= 0.3 is 5.97 Å². The number of aromatic nitrogens is 2. The second-order valence-electron chi connectivity index (χ2n) is 4.23. The highest BCUT2D eigenvalue weighted by molar-refractivity contribution is 6.01. The number of carbonyl (C=O) groups is 2. The fourth-order valence-corrected chi connectivity index (χ4v) is 1.72. The zero-order valence-corrected chi connectivity index (χ0v) is 11.8. The summed E-state index contributed by atoms with van der Waals surface area (Å²) in [5.74, 6) is -0.152. The molecule has 1 aromatic heterocycles. The second kappa shape index (κ2) is 6.65. The summed E-state index contributed by atoms with van der Waals surface area (Å²) in [6, 6.07) is 6.63. The first-order valence-electron chi connectivity index (χ1n) is 6.45. The molecule has 7 heteroatoms. The van der Waals surface area contributed by atoms with Gasteiger partial charge in [-0.1, -0.05) is 17.3 Å². The molecule has 0 bridgehead atoms. The van der Waals surface area contributed by atoms with E-state index in [1.807, 2.05) is 0 Å². The molecule has 7 nitrogen and oxygen atoms in total. The van der Waals surface area contributed by atoms with Crippen LogP contribution in [0.2, 0.25) is 0 Å². The highest BCUT2D eigenvalue weighted by atomic mass is 16.5. The summed E-state index contributed by atoms with van der Waals surface area (Å²) in [6.45, 7) is 3.65. The first kappa shape index (κ1) is 14.7. The summed E-state index contributed by atoms with van der Waals surface area (Å²) >= 11 is 0. The number of hydrogen-bond acceptors (Lipinski definition) is 6. The molecule has 2 aromatic rings. The lowest BCUT2D eigenvalue weighted by molar-refractivity contribution is -0.115. The lowest BCUT2D eigenvalue weighted by Crippen LogP contribution is -2.17. The van der Waals surface area contributed by atoms with Gasteiger partial charge in [0, 0.05) is 0 Å². The average Bonchev–Trinajstić information content (AvgIpc) is 2.84. The number of rotatable bonds is 5. The van der Waals surface area contributed by atoms with Crippen molar-refractivity contribution in [2.24, 2.45) is 0 Å². The van der Waals surface area contributed by atoms with Gasteiger partial charge in [0.05, 0.1) is 17.9 Å². The maximum atomic E-state index is 11.9. The van der Waals surface area contributed by atoms with Crippen molar-refractivity contribution < 1.29 is 18.8 Å². The maximum absolute atomic E-state index is 11.9. The minimum atomic E-state index is -0.484. The van der Waals surface area contributed by atoms with E-state index in [4.69, 9.17) is 9.26 Å².